The minimum atomic E-state index is 0.589. The molecular weight excluding hydrogens is 292 g/mol. The molecule has 0 aliphatic carbocycles. The molecule has 122 valence electrons. The predicted molar refractivity (Wildman–Crippen MR) is 87.7 cm³/mol. The van der Waals surface area contributed by atoms with Gasteiger partial charge in [0.25, 0.3) is 0 Å². The fraction of sp³-hybridized carbons (Fsp3) is 0.500. The predicted octanol–water partition coefficient (Wildman–Crippen LogP) is 1.08. The summed E-state index contributed by atoms with van der Waals surface area (Å²) < 4.78 is 5.64. The molecular formula is C16H22N6O. The van der Waals surface area contributed by atoms with Crippen LogP contribution in [0.5, 0.6) is 5.88 Å². The van der Waals surface area contributed by atoms with Gasteiger partial charge in [-0.2, -0.15) is 5.10 Å². The van der Waals surface area contributed by atoms with Crippen LogP contribution in [-0.2, 0) is 0 Å². The number of piperazine rings is 1. The molecule has 1 saturated heterocycles. The summed E-state index contributed by atoms with van der Waals surface area (Å²) in [5.41, 5.74) is 1.90. The van der Waals surface area contributed by atoms with E-state index >= 15 is 0 Å². The minimum absolute atomic E-state index is 0.589. The van der Waals surface area contributed by atoms with Gasteiger partial charge in [0.2, 0.25) is 5.88 Å². The lowest BCUT2D eigenvalue weighted by molar-refractivity contribution is 0.195. The second-order valence-corrected chi connectivity index (χ2v) is 5.71. The van der Waals surface area contributed by atoms with Gasteiger partial charge in [0, 0.05) is 50.6 Å². The van der Waals surface area contributed by atoms with Crippen LogP contribution in [0.1, 0.15) is 11.4 Å². The lowest BCUT2D eigenvalue weighted by atomic mass is 10.3. The Morgan fingerprint density at radius 3 is 2.52 bits per heavy atom. The molecule has 0 amide bonds. The minimum Gasteiger partial charge on any atom is -0.475 e. The van der Waals surface area contributed by atoms with Crippen LogP contribution in [0.4, 0.5) is 5.82 Å². The Bertz CT molecular complexity index is 625. The summed E-state index contributed by atoms with van der Waals surface area (Å²) >= 11 is 0. The standard InChI is InChI=1S/C16H22N6O/c1-13-3-4-16(20-19-13)23-10-9-21-5-7-22(8-6-21)15-11-14(2)17-12-18-15/h3-4,11-12H,5-10H2,1-2H3. The molecule has 7 heteroatoms. The lowest BCUT2D eigenvalue weighted by Crippen LogP contribution is -2.47. The molecule has 3 heterocycles. The van der Waals surface area contributed by atoms with E-state index in [9.17, 15) is 0 Å². The lowest BCUT2D eigenvalue weighted by Gasteiger charge is -2.35. The van der Waals surface area contributed by atoms with Gasteiger partial charge < -0.3 is 9.64 Å². The largest absolute Gasteiger partial charge is 0.475 e. The van der Waals surface area contributed by atoms with Crippen LogP contribution in [0, 0.1) is 13.8 Å². The van der Waals surface area contributed by atoms with E-state index in [0.717, 1.165) is 49.9 Å². The fourth-order valence-corrected chi connectivity index (χ4v) is 2.56. The number of nitrogens with zero attached hydrogens (tertiary/aromatic N) is 6. The van der Waals surface area contributed by atoms with Crippen LogP contribution in [0.2, 0.25) is 0 Å². The van der Waals surface area contributed by atoms with E-state index in [-0.39, 0.29) is 0 Å². The van der Waals surface area contributed by atoms with Crippen molar-refractivity contribution in [2.45, 2.75) is 13.8 Å². The number of hydrogen-bond donors (Lipinski definition) is 0. The number of rotatable bonds is 5. The maximum absolute atomic E-state index is 5.64. The van der Waals surface area contributed by atoms with Crippen LogP contribution in [0.3, 0.4) is 0 Å². The SMILES string of the molecule is Cc1cc(N2CCN(CCOc3ccc(C)nn3)CC2)ncn1. The molecule has 0 unspecified atom stereocenters. The molecule has 2 aromatic heterocycles. The first kappa shape index (κ1) is 15.6. The van der Waals surface area contributed by atoms with Gasteiger partial charge in [-0.15, -0.1) is 5.10 Å². The van der Waals surface area contributed by atoms with E-state index in [4.69, 9.17) is 4.74 Å². The zero-order valence-electron chi connectivity index (χ0n) is 13.6. The average Bonchev–Trinajstić information content (AvgIpc) is 2.57. The van der Waals surface area contributed by atoms with E-state index in [2.05, 4.69) is 30.0 Å². The molecule has 0 bridgehead atoms. The van der Waals surface area contributed by atoms with Crippen molar-refractivity contribution in [3.63, 3.8) is 0 Å². The first-order valence-electron chi connectivity index (χ1n) is 7.90. The maximum Gasteiger partial charge on any atom is 0.233 e. The molecule has 23 heavy (non-hydrogen) atoms. The second kappa shape index (κ2) is 7.32. The van der Waals surface area contributed by atoms with Crippen molar-refractivity contribution in [1.82, 2.24) is 25.1 Å². The van der Waals surface area contributed by atoms with Gasteiger partial charge in [-0.25, -0.2) is 9.97 Å². The summed E-state index contributed by atoms with van der Waals surface area (Å²) in [6.45, 7) is 9.39. The third kappa shape index (κ3) is 4.35. The fourth-order valence-electron chi connectivity index (χ4n) is 2.56. The monoisotopic (exact) mass is 314 g/mol. The van der Waals surface area contributed by atoms with Crippen molar-refractivity contribution >= 4 is 5.82 Å². The highest BCUT2D eigenvalue weighted by Gasteiger charge is 2.18. The average molecular weight is 314 g/mol. The third-order valence-electron chi connectivity index (χ3n) is 3.92. The van der Waals surface area contributed by atoms with Crippen molar-refractivity contribution < 1.29 is 4.74 Å². The summed E-state index contributed by atoms with van der Waals surface area (Å²) in [6, 6.07) is 5.80. The second-order valence-electron chi connectivity index (χ2n) is 5.71. The molecule has 1 fully saturated rings. The summed E-state index contributed by atoms with van der Waals surface area (Å²) in [5.74, 6) is 1.61. The molecule has 7 nitrogen and oxygen atoms in total. The third-order valence-corrected chi connectivity index (χ3v) is 3.92. The van der Waals surface area contributed by atoms with E-state index in [1.807, 2.05) is 32.0 Å². The first-order chi connectivity index (χ1) is 11.2. The van der Waals surface area contributed by atoms with Gasteiger partial charge in [0.15, 0.2) is 0 Å². The highest BCUT2D eigenvalue weighted by molar-refractivity contribution is 5.39. The van der Waals surface area contributed by atoms with E-state index in [1.54, 1.807) is 6.33 Å². The summed E-state index contributed by atoms with van der Waals surface area (Å²) in [6.07, 6.45) is 1.63. The van der Waals surface area contributed by atoms with Crippen LogP contribution in [0.25, 0.3) is 0 Å². The summed E-state index contributed by atoms with van der Waals surface area (Å²) in [7, 11) is 0. The molecule has 0 saturated carbocycles. The Labute approximate surface area is 136 Å². The van der Waals surface area contributed by atoms with Gasteiger partial charge in [-0.3, -0.25) is 4.90 Å². The highest BCUT2D eigenvalue weighted by atomic mass is 16.5. The molecule has 0 aromatic carbocycles. The van der Waals surface area contributed by atoms with Crippen molar-refractivity contribution in [3.05, 3.63) is 35.9 Å². The first-order valence-corrected chi connectivity index (χ1v) is 7.90. The van der Waals surface area contributed by atoms with E-state index in [1.165, 1.54) is 0 Å². The van der Waals surface area contributed by atoms with Gasteiger partial charge in [0.05, 0.1) is 5.69 Å². The van der Waals surface area contributed by atoms with E-state index in [0.29, 0.717) is 12.5 Å². The Hall–Kier alpha value is -2.28. The van der Waals surface area contributed by atoms with Crippen LogP contribution in [0.15, 0.2) is 24.5 Å². The topological polar surface area (TPSA) is 67.3 Å². The van der Waals surface area contributed by atoms with Crippen molar-refractivity contribution in [2.75, 3.05) is 44.2 Å². The normalized spacial score (nSPS) is 15.7. The van der Waals surface area contributed by atoms with Crippen LogP contribution >= 0.6 is 0 Å². The van der Waals surface area contributed by atoms with Gasteiger partial charge in [0.1, 0.15) is 18.8 Å². The molecule has 1 aliphatic heterocycles. The number of hydrogen-bond acceptors (Lipinski definition) is 7. The van der Waals surface area contributed by atoms with E-state index < -0.39 is 0 Å². The zero-order valence-corrected chi connectivity index (χ0v) is 13.6. The van der Waals surface area contributed by atoms with Crippen molar-refractivity contribution in [2.24, 2.45) is 0 Å². The van der Waals surface area contributed by atoms with Gasteiger partial charge >= 0.3 is 0 Å². The van der Waals surface area contributed by atoms with Crippen molar-refractivity contribution in [1.29, 1.82) is 0 Å². The molecule has 0 atom stereocenters. The van der Waals surface area contributed by atoms with Gasteiger partial charge in [-0.05, 0) is 19.9 Å². The smallest absolute Gasteiger partial charge is 0.233 e. The Kier molecular flexibility index (Phi) is 4.97. The Morgan fingerprint density at radius 2 is 1.83 bits per heavy atom. The highest BCUT2D eigenvalue weighted by Crippen LogP contribution is 2.13. The molecule has 3 rings (SSSR count). The molecule has 0 N–H and O–H groups in total. The Morgan fingerprint density at radius 1 is 1.00 bits per heavy atom. The number of aromatic nitrogens is 4. The zero-order chi connectivity index (χ0) is 16.1. The number of aryl methyl sites for hydroxylation is 2. The molecule has 2 aromatic rings. The molecule has 0 spiro atoms. The van der Waals surface area contributed by atoms with Crippen LogP contribution in [-0.4, -0.2) is 64.4 Å². The molecule has 0 radical (unpaired) electrons. The number of ether oxygens (including phenoxy) is 1. The van der Waals surface area contributed by atoms with Gasteiger partial charge in [-0.1, -0.05) is 0 Å². The maximum atomic E-state index is 5.64. The Balaban J connectivity index is 1.41. The molecule has 1 aliphatic rings. The summed E-state index contributed by atoms with van der Waals surface area (Å²) in [4.78, 5) is 13.2. The quantitative estimate of drug-likeness (QED) is 0.818. The van der Waals surface area contributed by atoms with Crippen molar-refractivity contribution in [3.8, 4) is 5.88 Å². The van der Waals surface area contributed by atoms with Crippen LogP contribution < -0.4 is 9.64 Å². The summed E-state index contributed by atoms with van der Waals surface area (Å²) in [5, 5.41) is 8.00. The number of anilines is 1.